The summed E-state index contributed by atoms with van der Waals surface area (Å²) < 4.78 is 0. The number of carbonyl (C=O) groups excluding carboxylic acids is 1. The lowest BCUT2D eigenvalue weighted by atomic mass is 10.2. The zero-order chi connectivity index (χ0) is 9.72. The zero-order valence-electron chi connectivity index (χ0n) is 8.32. The predicted octanol–water partition coefficient (Wildman–Crippen LogP) is 0.665. The fourth-order valence-electron chi connectivity index (χ4n) is 1.28. The van der Waals surface area contributed by atoms with Crippen LogP contribution >= 0.6 is 0 Å². The van der Waals surface area contributed by atoms with Crippen LogP contribution in [0.15, 0.2) is 0 Å². The van der Waals surface area contributed by atoms with Crippen LogP contribution in [0.25, 0.3) is 0 Å². The first-order valence-corrected chi connectivity index (χ1v) is 4.38. The van der Waals surface area contributed by atoms with Gasteiger partial charge in [0.2, 0.25) is 0 Å². The van der Waals surface area contributed by atoms with Gasteiger partial charge in [-0.25, -0.2) is 0 Å². The lowest BCUT2D eigenvalue weighted by Gasteiger charge is -2.30. The summed E-state index contributed by atoms with van der Waals surface area (Å²) in [5.74, 6) is 0. The molecule has 1 N–H and O–H groups in total. The van der Waals surface area contributed by atoms with Crippen LogP contribution in [-0.4, -0.2) is 41.0 Å². The van der Waals surface area contributed by atoms with Gasteiger partial charge in [0.25, 0.3) is 0 Å². The quantitative estimate of drug-likeness (QED) is 0.621. The summed E-state index contributed by atoms with van der Waals surface area (Å²) in [4.78, 5) is 12.3. The van der Waals surface area contributed by atoms with Gasteiger partial charge in [-0.3, -0.25) is 4.90 Å². The minimum absolute atomic E-state index is 0.361. The minimum atomic E-state index is -0.852. The molecule has 0 rings (SSSR count). The summed E-state index contributed by atoms with van der Waals surface area (Å²) in [6.07, 6.45) is -0.271. The second-order valence-electron chi connectivity index (χ2n) is 3.59. The van der Waals surface area contributed by atoms with Crippen LogP contribution < -0.4 is 0 Å². The maximum Gasteiger partial charge on any atom is 0.149 e. The number of hydrogen-bond acceptors (Lipinski definition) is 3. The molecule has 0 aromatic heterocycles. The van der Waals surface area contributed by atoms with E-state index in [1.165, 1.54) is 0 Å². The van der Waals surface area contributed by atoms with Gasteiger partial charge in [0, 0.05) is 18.6 Å². The molecule has 0 amide bonds. The number of carbonyl (C=O) groups is 1. The van der Waals surface area contributed by atoms with Crippen molar-refractivity contribution in [2.75, 3.05) is 6.54 Å². The van der Waals surface area contributed by atoms with Gasteiger partial charge in [0.05, 0.1) is 0 Å². The average molecular weight is 173 g/mol. The third-order valence-corrected chi connectivity index (χ3v) is 1.88. The molecule has 0 aliphatic rings. The summed E-state index contributed by atoms with van der Waals surface area (Å²) in [6, 6.07) is 0.721. The largest absolute Gasteiger partial charge is 0.384 e. The van der Waals surface area contributed by atoms with Crippen molar-refractivity contribution in [1.29, 1.82) is 0 Å². The molecule has 1 atom stereocenters. The molecule has 0 aromatic carbocycles. The van der Waals surface area contributed by atoms with Crippen molar-refractivity contribution in [2.45, 2.75) is 45.9 Å². The number of hydrogen-bond donors (Lipinski definition) is 1. The van der Waals surface area contributed by atoms with E-state index in [4.69, 9.17) is 5.11 Å². The van der Waals surface area contributed by atoms with Crippen molar-refractivity contribution in [2.24, 2.45) is 0 Å². The molecular formula is C9H19NO2. The molecule has 0 saturated heterocycles. The molecule has 12 heavy (non-hydrogen) atoms. The van der Waals surface area contributed by atoms with Crippen LogP contribution in [0, 0.1) is 0 Å². The average Bonchev–Trinajstić information content (AvgIpc) is 1.98. The molecular weight excluding hydrogens is 154 g/mol. The maximum absolute atomic E-state index is 10.2. The Labute approximate surface area is 74.4 Å². The van der Waals surface area contributed by atoms with E-state index in [-0.39, 0.29) is 0 Å². The van der Waals surface area contributed by atoms with Crippen molar-refractivity contribution in [3.8, 4) is 0 Å². The van der Waals surface area contributed by atoms with Gasteiger partial charge in [-0.15, -0.1) is 0 Å². The van der Waals surface area contributed by atoms with Gasteiger partial charge in [-0.1, -0.05) is 0 Å². The Balaban J connectivity index is 4.04. The summed E-state index contributed by atoms with van der Waals surface area (Å²) >= 11 is 0. The van der Waals surface area contributed by atoms with Gasteiger partial charge in [0.15, 0.2) is 0 Å². The number of aliphatic hydroxyl groups is 1. The van der Waals surface area contributed by atoms with Crippen LogP contribution in [0.5, 0.6) is 0 Å². The van der Waals surface area contributed by atoms with Crippen LogP contribution in [0.1, 0.15) is 27.7 Å². The van der Waals surface area contributed by atoms with Crippen LogP contribution in [-0.2, 0) is 4.79 Å². The Kier molecular flexibility index (Phi) is 5.09. The first-order valence-electron chi connectivity index (χ1n) is 4.38. The fraction of sp³-hybridized carbons (Fsp3) is 0.889. The molecule has 72 valence electrons. The second kappa shape index (κ2) is 5.27. The van der Waals surface area contributed by atoms with Crippen molar-refractivity contribution < 1.29 is 9.90 Å². The van der Waals surface area contributed by atoms with E-state index in [0.717, 1.165) is 0 Å². The smallest absolute Gasteiger partial charge is 0.149 e. The normalized spacial score (nSPS) is 14.3. The molecule has 3 nitrogen and oxygen atoms in total. The summed E-state index contributed by atoms with van der Waals surface area (Å²) in [5.41, 5.74) is 0. The van der Waals surface area contributed by atoms with Crippen LogP contribution in [0.4, 0.5) is 0 Å². The van der Waals surface area contributed by atoms with Gasteiger partial charge in [-0.2, -0.15) is 0 Å². The van der Waals surface area contributed by atoms with E-state index in [0.29, 0.717) is 24.9 Å². The van der Waals surface area contributed by atoms with Gasteiger partial charge < -0.3 is 9.90 Å². The summed E-state index contributed by atoms with van der Waals surface area (Å²) in [6.45, 7) is 8.64. The van der Waals surface area contributed by atoms with E-state index in [2.05, 4.69) is 32.6 Å². The first-order chi connectivity index (χ1) is 5.49. The lowest BCUT2D eigenvalue weighted by Crippen LogP contribution is -2.42. The molecule has 0 saturated carbocycles. The second-order valence-corrected chi connectivity index (χ2v) is 3.59. The van der Waals surface area contributed by atoms with Crippen molar-refractivity contribution in [3.05, 3.63) is 0 Å². The highest BCUT2D eigenvalue weighted by atomic mass is 16.3. The lowest BCUT2D eigenvalue weighted by molar-refractivity contribution is -0.116. The molecule has 0 heterocycles. The van der Waals surface area contributed by atoms with Gasteiger partial charge >= 0.3 is 0 Å². The van der Waals surface area contributed by atoms with Crippen molar-refractivity contribution in [3.63, 3.8) is 0 Å². The van der Waals surface area contributed by atoms with Crippen LogP contribution in [0.3, 0.4) is 0 Å². The van der Waals surface area contributed by atoms with E-state index in [9.17, 15) is 4.79 Å². The highest BCUT2D eigenvalue weighted by Gasteiger charge is 2.16. The first kappa shape index (κ1) is 11.6. The van der Waals surface area contributed by atoms with E-state index in [1.807, 2.05) is 0 Å². The highest BCUT2D eigenvalue weighted by molar-refractivity contribution is 5.55. The molecule has 0 fully saturated rings. The Morgan fingerprint density at radius 3 is 1.92 bits per heavy atom. The Bertz CT molecular complexity index is 126. The highest BCUT2D eigenvalue weighted by Crippen LogP contribution is 2.04. The third-order valence-electron chi connectivity index (χ3n) is 1.88. The predicted molar refractivity (Wildman–Crippen MR) is 49.0 cm³/mol. The molecule has 3 heteroatoms. The fourth-order valence-corrected chi connectivity index (χ4v) is 1.28. The monoisotopic (exact) mass is 173 g/mol. The van der Waals surface area contributed by atoms with Crippen LogP contribution in [0.2, 0.25) is 0 Å². The van der Waals surface area contributed by atoms with Crippen molar-refractivity contribution in [1.82, 2.24) is 4.90 Å². The van der Waals surface area contributed by atoms with E-state index in [1.54, 1.807) is 0 Å². The topological polar surface area (TPSA) is 40.5 Å². The number of aldehydes is 1. The molecule has 0 aliphatic carbocycles. The molecule has 0 aliphatic heterocycles. The third kappa shape index (κ3) is 3.83. The molecule has 0 spiro atoms. The maximum atomic E-state index is 10.2. The summed E-state index contributed by atoms with van der Waals surface area (Å²) in [5, 5.41) is 9.12. The Hall–Kier alpha value is -0.410. The van der Waals surface area contributed by atoms with Crippen molar-refractivity contribution >= 4 is 6.29 Å². The van der Waals surface area contributed by atoms with Gasteiger partial charge in [0.1, 0.15) is 12.4 Å². The van der Waals surface area contributed by atoms with E-state index >= 15 is 0 Å². The SMILES string of the molecule is CC(C)N(CC(O)C=O)C(C)C. The minimum Gasteiger partial charge on any atom is -0.384 e. The Morgan fingerprint density at radius 1 is 1.25 bits per heavy atom. The number of rotatable bonds is 5. The molecule has 0 bridgehead atoms. The molecule has 0 aromatic rings. The van der Waals surface area contributed by atoms with Gasteiger partial charge in [-0.05, 0) is 27.7 Å². The molecule has 0 radical (unpaired) electrons. The number of aliphatic hydroxyl groups excluding tert-OH is 1. The van der Waals surface area contributed by atoms with E-state index < -0.39 is 6.10 Å². The number of nitrogens with zero attached hydrogens (tertiary/aromatic N) is 1. The zero-order valence-corrected chi connectivity index (χ0v) is 8.32. The molecule has 1 unspecified atom stereocenters. The Morgan fingerprint density at radius 2 is 1.67 bits per heavy atom. The standard InChI is InChI=1S/C9H19NO2/c1-7(2)10(8(3)4)5-9(12)6-11/h6-9,12H,5H2,1-4H3. The summed E-state index contributed by atoms with van der Waals surface area (Å²) in [7, 11) is 0.